The standard InChI is InChI=1S/C24H30O2/c1-23(2,3)17-11-7-15(8-12-17)19-20(21(19)22(25)26)16-9-13-18(14-10-16)24(4,5)6/h7-14,19-21H,1-6H3,(H,25,26)/t19-,20-/m1/s1. The van der Waals surface area contributed by atoms with Gasteiger partial charge in [-0.3, -0.25) is 4.79 Å². The summed E-state index contributed by atoms with van der Waals surface area (Å²) < 4.78 is 0. The van der Waals surface area contributed by atoms with Crippen molar-refractivity contribution in [2.24, 2.45) is 5.92 Å². The third-order valence-corrected chi connectivity index (χ3v) is 5.63. The molecular weight excluding hydrogens is 320 g/mol. The van der Waals surface area contributed by atoms with Crippen LogP contribution in [0.3, 0.4) is 0 Å². The molecule has 1 fully saturated rings. The van der Waals surface area contributed by atoms with Crippen LogP contribution < -0.4 is 0 Å². The van der Waals surface area contributed by atoms with Gasteiger partial charge in [-0.2, -0.15) is 0 Å². The van der Waals surface area contributed by atoms with Gasteiger partial charge in [0.1, 0.15) is 0 Å². The van der Waals surface area contributed by atoms with Crippen molar-refractivity contribution in [1.82, 2.24) is 0 Å². The van der Waals surface area contributed by atoms with Crippen molar-refractivity contribution in [2.75, 3.05) is 0 Å². The van der Waals surface area contributed by atoms with E-state index in [2.05, 4.69) is 90.1 Å². The number of carboxylic acid groups (broad SMARTS) is 1. The number of rotatable bonds is 3. The molecule has 2 heteroatoms. The number of hydrogen-bond donors (Lipinski definition) is 1. The molecule has 1 aliphatic carbocycles. The van der Waals surface area contributed by atoms with E-state index in [9.17, 15) is 9.90 Å². The van der Waals surface area contributed by atoms with Crippen molar-refractivity contribution in [3.8, 4) is 0 Å². The van der Waals surface area contributed by atoms with E-state index >= 15 is 0 Å². The van der Waals surface area contributed by atoms with E-state index in [1.165, 1.54) is 11.1 Å². The maximum Gasteiger partial charge on any atom is 0.307 e. The first-order valence-electron chi connectivity index (χ1n) is 9.44. The van der Waals surface area contributed by atoms with Gasteiger partial charge in [-0.05, 0) is 33.1 Å². The van der Waals surface area contributed by atoms with E-state index in [0.717, 1.165) is 11.1 Å². The Morgan fingerprint density at radius 2 is 1.00 bits per heavy atom. The molecule has 1 aliphatic rings. The highest BCUT2D eigenvalue weighted by Crippen LogP contribution is 2.60. The zero-order valence-corrected chi connectivity index (χ0v) is 16.7. The van der Waals surface area contributed by atoms with Crippen LogP contribution >= 0.6 is 0 Å². The predicted octanol–water partition coefficient (Wildman–Crippen LogP) is 5.86. The molecule has 0 heterocycles. The van der Waals surface area contributed by atoms with Crippen molar-refractivity contribution in [2.45, 2.75) is 64.2 Å². The third kappa shape index (κ3) is 3.56. The molecule has 0 unspecified atom stereocenters. The molecule has 0 amide bonds. The minimum absolute atomic E-state index is 0.0713. The van der Waals surface area contributed by atoms with Crippen molar-refractivity contribution in [1.29, 1.82) is 0 Å². The summed E-state index contributed by atoms with van der Waals surface area (Å²) in [6, 6.07) is 17.0. The topological polar surface area (TPSA) is 37.3 Å². The second-order valence-corrected chi connectivity index (χ2v) is 9.66. The van der Waals surface area contributed by atoms with E-state index in [1.54, 1.807) is 0 Å². The van der Waals surface area contributed by atoms with E-state index in [0.29, 0.717) is 0 Å². The third-order valence-electron chi connectivity index (χ3n) is 5.63. The molecule has 0 saturated heterocycles. The highest BCUT2D eigenvalue weighted by atomic mass is 16.4. The fourth-order valence-electron chi connectivity index (χ4n) is 3.86. The Balaban J connectivity index is 1.87. The van der Waals surface area contributed by atoms with Gasteiger partial charge in [0.15, 0.2) is 0 Å². The van der Waals surface area contributed by atoms with Gasteiger partial charge in [0, 0.05) is 11.8 Å². The maximum atomic E-state index is 11.8. The molecule has 0 aromatic heterocycles. The van der Waals surface area contributed by atoms with E-state index < -0.39 is 5.97 Å². The second-order valence-electron chi connectivity index (χ2n) is 9.66. The van der Waals surface area contributed by atoms with Crippen molar-refractivity contribution in [3.05, 3.63) is 70.8 Å². The van der Waals surface area contributed by atoms with Crippen molar-refractivity contribution in [3.63, 3.8) is 0 Å². The fraction of sp³-hybridized carbons (Fsp3) is 0.458. The Kier molecular flexibility index (Phi) is 4.50. The molecule has 1 N–H and O–H groups in total. The SMILES string of the molecule is CC(C)(C)c1ccc([C@H]2C(C(=O)O)[C@@H]2c2ccc(C(C)(C)C)cc2)cc1. The minimum atomic E-state index is -0.695. The quantitative estimate of drug-likeness (QED) is 0.752. The molecule has 3 rings (SSSR count). The van der Waals surface area contributed by atoms with Gasteiger partial charge in [-0.15, -0.1) is 0 Å². The molecule has 2 aromatic carbocycles. The van der Waals surface area contributed by atoms with E-state index in [1.807, 2.05) is 0 Å². The summed E-state index contributed by atoms with van der Waals surface area (Å²) >= 11 is 0. The normalized spacial score (nSPS) is 22.9. The second kappa shape index (κ2) is 6.26. The Bertz CT molecular complexity index is 723. The Labute approximate surface area is 157 Å². The lowest BCUT2D eigenvalue weighted by atomic mass is 9.86. The summed E-state index contributed by atoms with van der Waals surface area (Å²) in [5, 5.41) is 9.68. The summed E-state index contributed by atoms with van der Waals surface area (Å²) in [6.45, 7) is 13.2. The van der Waals surface area contributed by atoms with Crippen LogP contribution in [0.4, 0.5) is 0 Å². The summed E-state index contributed by atoms with van der Waals surface area (Å²) in [4.78, 5) is 11.8. The van der Waals surface area contributed by atoms with Crippen LogP contribution in [0.5, 0.6) is 0 Å². The Morgan fingerprint density at radius 1 is 0.692 bits per heavy atom. The fourth-order valence-corrected chi connectivity index (χ4v) is 3.86. The highest BCUT2D eigenvalue weighted by molar-refractivity contribution is 5.78. The Hall–Kier alpha value is -2.09. The van der Waals surface area contributed by atoms with Gasteiger partial charge < -0.3 is 5.11 Å². The summed E-state index contributed by atoms with van der Waals surface area (Å²) in [7, 11) is 0. The predicted molar refractivity (Wildman–Crippen MR) is 107 cm³/mol. The van der Waals surface area contributed by atoms with Crippen LogP contribution in [0.2, 0.25) is 0 Å². The first-order chi connectivity index (χ1) is 12.0. The first-order valence-corrected chi connectivity index (χ1v) is 9.44. The molecule has 0 bridgehead atoms. The lowest BCUT2D eigenvalue weighted by Crippen LogP contribution is -2.10. The molecule has 0 radical (unpaired) electrons. The van der Waals surface area contributed by atoms with Gasteiger partial charge in [0.25, 0.3) is 0 Å². The first kappa shape index (κ1) is 18.7. The molecule has 0 aliphatic heterocycles. The molecule has 138 valence electrons. The molecule has 1 saturated carbocycles. The average Bonchev–Trinajstić information content (AvgIpc) is 3.29. The number of benzene rings is 2. The summed E-state index contributed by atoms with van der Waals surface area (Å²) in [6.07, 6.45) is 0. The lowest BCUT2D eigenvalue weighted by molar-refractivity contribution is -0.138. The van der Waals surface area contributed by atoms with Gasteiger partial charge in [-0.1, -0.05) is 90.1 Å². The smallest absolute Gasteiger partial charge is 0.307 e. The number of aliphatic carboxylic acids is 1. The van der Waals surface area contributed by atoms with E-state index in [-0.39, 0.29) is 28.6 Å². The van der Waals surface area contributed by atoms with E-state index in [4.69, 9.17) is 0 Å². The maximum absolute atomic E-state index is 11.8. The van der Waals surface area contributed by atoms with Gasteiger partial charge >= 0.3 is 5.97 Å². The van der Waals surface area contributed by atoms with Crippen LogP contribution in [-0.2, 0) is 15.6 Å². The van der Waals surface area contributed by atoms with Crippen LogP contribution in [0, 0.1) is 5.92 Å². The van der Waals surface area contributed by atoms with Crippen LogP contribution in [-0.4, -0.2) is 11.1 Å². The average molecular weight is 351 g/mol. The molecule has 2 nitrogen and oxygen atoms in total. The van der Waals surface area contributed by atoms with Gasteiger partial charge in [0.2, 0.25) is 0 Å². The summed E-state index contributed by atoms with van der Waals surface area (Å²) in [5.74, 6) is -0.875. The number of carboxylic acids is 1. The Morgan fingerprint density at radius 3 is 1.23 bits per heavy atom. The summed E-state index contributed by atoms with van der Waals surface area (Å²) in [5.41, 5.74) is 5.04. The van der Waals surface area contributed by atoms with Crippen LogP contribution in [0.1, 0.15) is 75.6 Å². The number of carbonyl (C=O) groups is 1. The molecule has 0 spiro atoms. The molecule has 2 aromatic rings. The minimum Gasteiger partial charge on any atom is -0.481 e. The number of hydrogen-bond acceptors (Lipinski definition) is 1. The van der Waals surface area contributed by atoms with Crippen molar-refractivity contribution >= 4 is 5.97 Å². The zero-order chi connectivity index (χ0) is 19.3. The monoisotopic (exact) mass is 350 g/mol. The van der Waals surface area contributed by atoms with Crippen LogP contribution in [0.25, 0.3) is 0 Å². The molecule has 26 heavy (non-hydrogen) atoms. The zero-order valence-electron chi connectivity index (χ0n) is 16.7. The molecule has 2 atom stereocenters. The molecular formula is C24H30O2. The highest BCUT2D eigenvalue weighted by Gasteiger charge is 2.56. The van der Waals surface area contributed by atoms with Crippen molar-refractivity contribution < 1.29 is 9.90 Å². The lowest BCUT2D eigenvalue weighted by Gasteiger charge is -2.19. The van der Waals surface area contributed by atoms with Gasteiger partial charge in [0.05, 0.1) is 5.92 Å². The largest absolute Gasteiger partial charge is 0.481 e. The van der Waals surface area contributed by atoms with Crippen LogP contribution in [0.15, 0.2) is 48.5 Å². The van der Waals surface area contributed by atoms with Gasteiger partial charge in [-0.25, -0.2) is 0 Å².